The van der Waals surface area contributed by atoms with Crippen LogP contribution in [0.5, 0.6) is 0 Å². The van der Waals surface area contributed by atoms with E-state index in [1.54, 1.807) is 0 Å². The second kappa shape index (κ2) is 3.37. The average Bonchev–Trinajstić information content (AvgIpc) is 2.44. The molecule has 0 aliphatic carbocycles. The van der Waals surface area contributed by atoms with Gasteiger partial charge in [0.05, 0.1) is 5.69 Å². The summed E-state index contributed by atoms with van der Waals surface area (Å²) in [7, 11) is 2.08. The SMILES string of the molecule is CCNc1cn(C)c2ccc(C)cc12. The number of anilines is 1. The Hall–Kier alpha value is -1.44. The molecule has 0 fully saturated rings. The van der Waals surface area contributed by atoms with Crippen molar-refractivity contribution in [3.63, 3.8) is 0 Å². The number of rotatable bonds is 2. The molecule has 2 nitrogen and oxygen atoms in total. The molecule has 74 valence electrons. The predicted octanol–water partition coefficient (Wildman–Crippen LogP) is 2.92. The van der Waals surface area contributed by atoms with Gasteiger partial charge in [-0.2, -0.15) is 0 Å². The second-order valence-corrected chi connectivity index (χ2v) is 3.70. The first-order valence-corrected chi connectivity index (χ1v) is 5.02. The minimum atomic E-state index is 0.965. The van der Waals surface area contributed by atoms with E-state index in [1.165, 1.54) is 22.2 Å². The predicted molar refractivity (Wildman–Crippen MR) is 61.8 cm³/mol. The number of aromatic nitrogens is 1. The van der Waals surface area contributed by atoms with Crippen molar-refractivity contribution in [2.75, 3.05) is 11.9 Å². The molecule has 0 radical (unpaired) electrons. The van der Waals surface area contributed by atoms with Crippen molar-refractivity contribution in [1.82, 2.24) is 4.57 Å². The third-order valence-corrected chi connectivity index (χ3v) is 2.51. The highest BCUT2D eigenvalue weighted by molar-refractivity contribution is 5.93. The highest BCUT2D eigenvalue weighted by atomic mass is 15.0. The molecule has 0 aliphatic heterocycles. The van der Waals surface area contributed by atoms with Crippen LogP contribution < -0.4 is 5.32 Å². The molecular formula is C12H16N2. The maximum absolute atomic E-state index is 3.38. The number of hydrogen-bond donors (Lipinski definition) is 1. The standard InChI is InChI=1S/C12H16N2/c1-4-13-11-8-14(3)12-6-5-9(2)7-10(11)12/h5-8,13H,4H2,1-3H3. The van der Waals surface area contributed by atoms with E-state index >= 15 is 0 Å². The topological polar surface area (TPSA) is 17.0 Å². The van der Waals surface area contributed by atoms with E-state index in [2.05, 4.69) is 55.2 Å². The number of hydrogen-bond acceptors (Lipinski definition) is 1. The first kappa shape index (κ1) is 9.13. The van der Waals surface area contributed by atoms with E-state index in [4.69, 9.17) is 0 Å². The molecule has 2 heteroatoms. The van der Waals surface area contributed by atoms with Crippen LogP contribution in [0.4, 0.5) is 5.69 Å². The Balaban J connectivity index is 2.66. The summed E-state index contributed by atoms with van der Waals surface area (Å²) in [5.74, 6) is 0. The quantitative estimate of drug-likeness (QED) is 0.766. The van der Waals surface area contributed by atoms with Crippen molar-refractivity contribution in [1.29, 1.82) is 0 Å². The third-order valence-electron chi connectivity index (χ3n) is 2.51. The van der Waals surface area contributed by atoms with Gasteiger partial charge in [0.15, 0.2) is 0 Å². The number of fused-ring (bicyclic) bond motifs is 1. The lowest BCUT2D eigenvalue weighted by Crippen LogP contribution is -1.94. The lowest BCUT2D eigenvalue weighted by molar-refractivity contribution is 0.968. The Morgan fingerprint density at radius 1 is 1.36 bits per heavy atom. The van der Waals surface area contributed by atoms with Gasteiger partial charge in [0, 0.05) is 30.7 Å². The van der Waals surface area contributed by atoms with Gasteiger partial charge in [0.2, 0.25) is 0 Å². The average molecular weight is 188 g/mol. The first-order chi connectivity index (χ1) is 6.72. The first-order valence-electron chi connectivity index (χ1n) is 5.02. The highest BCUT2D eigenvalue weighted by Gasteiger charge is 2.04. The van der Waals surface area contributed by atoms with Gasteiger partial charge in [-0.15, -0.1) is 0 Å². The van der Waals surface area contributed by atoms with Crippen LogP contribution in [0.25, 0.3) is 10.9 Å². The summed E-state index contributed by atoms with van der Waals surface area (Å²) in [4.78, 5) is 0. The van der Waals surface area contributed by atoms with E-state index in [0.717, 1.165) is 6.54 Å². The molecule has 0 unspecified atom stereocenters. The molecule has 0 saturated carbocycles. The minimum Gasteiger partial charge on any atom is -0.384 e. The zero-order valence-corrected chi connectivity index (χ0v) is 8.96. The zero-order valence-electron chi connectivity index (χ0n) is 8.96. The number of nitrogens with zero attached hydrogens (tertiary/aromatic N) is 1. The summed E-state index contributed by atoms with van der Waals surface area (Å²) in [5, 5.41) is 4.69. The molecule has 14 heavy (non-hydrogen) atoms. The fourth-order valence-electron chi connectivity index (χ4n) is 1.84. The lowest BCUT2D eigenvalue weighted by Gasteiger charge is -2.00. The van der Waals surface area contributed by atoms with Crippen molar-refractivity contribution in [3.05, 3.63) is 30.0 Å². The van der Waals surface area contributed by atoms with Crippen molar-refractivity contribution in [2.24, 2.45) is 7.05 Å². The maximum Gasteiger partial charge on any atom is 0.0600 e. The summed E-state index contributed by atoms with van der Waals surface area (Å²) in [6.45, 7) is 5.21. The summed E-state index contributed by atoms with van der Waals surface area (Å²) in [5.41, 5.74) is 3.82. The Labute approximate surface area is 84.5 Å². The fraction of sp³-hybridized carbons (Fsp3) is 0.333. The molecule has 2 rings (SSSR count). The van der Waals surface area contributed by atoms with E-state index in [1.807, 2.05) is 0 Å². The van der Waals surface area contributed by atoms with Crippen LogP contribution >= 0.6 is 0 Å². The van der Waals surface area contributed by atoms with E-state index < -0.39 is 0 Å². The van der Waals surface area contributed by atoms with E-state index in [-0.39, 0.29) is 0 Å². The smallest absolute Gasteiger partial charge is 0.0600 e. The number of benzene rings is 1. The lowest BCUT2D eigenvalue weighted by atomic mass is 10.1. The van der Waals surface area contributed by atoms with Crippen LogP contribution in [0, 0.1) is 6.92 Å². The molecule has 0 spiro atoms. The minimum absolute atomic E-state index is 0.965. The van der Waals surface area contributed by atoms with E-state index in [0.29, 0.717) is 0 Å². The number of nitrogens with one attached hydrogen (secondary N) is 1. The van der Waals surface area contributed by atoms with Gasteiger partial charge in [-0.25, -0.2) is 0 Å². The second-order valence-electron chi connectivity index (χ2n) is 3.70. The molecule has 1 aromatic carbocycles. The molecule has 0 aliphatic rings. The van der Waals surface area contributed by atoms with Gasteiger partial charge >= 0.3 is 0 Å². The largest absolute Gasteiger partial charge is 0.384 e. The van der Waals surface area contributed by atoms with Gasteiger partial charge in [-0.3, -0.25) is 0 Å². The molecule has 0 amide bonds. The highest BCUT2D eigenvalue weighted by Crippen LogP contribution is 2.25. The molecule has 1 N–H and O–H groups in total. The van der Waals surface area contributed by atoms with Gasteiger partial charge in [0.25, 0.3) is 0 Å². The van der Waals surface area contributed by atoms with Gasteiger partial charge in [0.1, 0.15) is 0 Å². The van der Waals surface area contributed by atoms with Crippen LogP contribution in [0.1, 0.15) is 12.5 Å². The Kier molecular flexibility index (Phi) is 2.20. The monoisotopic (exact) mass is 188 g/mol. The molecule has 1 heterocycles. The Bertz CT molecular complexity index is 455. The Morgan fingerprint density at radius 3 is 2.86 bits per heavy atom. The molecule has 0 bridgehead atoms. The molecule has 2 aromatic rings. The zero-order chi connectivity index (χ0) is 10.1. The summed E-state index contributed by atoms with van der Waals surface area (Å²) >= 11 is 0. The van der Waals surface area contributed by atoms with Crippen molar-refractivity contribution in [3.8, 4) is 0 Å². The summed E-state index contributed by atoms with van der Waals surface area (Å²) in [6, 6.07) is 6.55. The Morgan fingerprint density at radius 2 is 2.14 bits per heavy atom. The van der Waals surface area contributed by atoms with Crippen LogP contribution in [0.15, 0.2) is 24.4 Å². The van der Waals surface area contributed by atoms with Gasteiger partial charge < -0.3 is 9.88 Å². The van der Waals surface area contributed by atoms with Crippen molar-refractivity contribution in [2.45, 2.75) is 13.8 Å². The summed E-state index contributed by atoms with van der Waals surface area (Å²) < 4.78 is 2.16. The van der Waals surface area contributed by atoms with Crippen molar-refractivity contribution < 1.29 is 0 Å². The summed E-state index contributed by atoms with van der Waals surface area (Å²) in [6.07, 6.45) is 2.15. The molecule has 0 atom stereocenters. The van der Waals surface area contributed by atoms with Crippen molar-refractivity contribution >= 4 is 16.6 Å². The van der Waals surface area contributed by atoms with Crippen LogP contribution in [-0.4, -0.2) is 11.1 Å². The van der Waals surface area contributed by atoms with Crippen LogP contribution in [0.2, 0.25) is 0 Å². The van der Waals surface area contributed by atoms with Crippen LogP contribution in [-0.2, 0) is 7.05 Å². The third kappa shape index (κ3) is 1.37. The van der Waals surface area contributed by atoms with Gasteiger partial charge in [-0.05, 0) is 26.0 Å². The molecule has 0 saturated heterocycles. The number of aryl methyl sites for hydroxylation is 2. The van der Waals surface area contributed by atoms with E-state index in [9.17, 15) is 0 Å². The molecule has 1 aromatic heterocycles. The normalized spacial score (nSPS) is 10.8. The molecular weight excluding hydrogens is 172 g/mol. The maximum atomic E-state index is 3.38. The fourth-order valence-corrected chi connectivity index (χ4v) is 1.84. The van der Waals surface area contributed by atoms with Gasteiger partial charge in [-0.1, -0.05) is 11.6 Å². The van der Waals surface area contributed by atoms with Crippen LogP contribution in [0.3, 0.4) is 0 Å².